The number of aryl methyl sites for hydroxylation is 1. The van der Waals surface area contributed by atoms with Crippen molar-refractivity contribution in [3.63, 3.8) is 0 Å². The fourth-order valence-corrected chi connectivity index (χ4v) is 2.77. The van der Waals surface area contributed by atoms with Gasteiger partial charge in [0.15, 0.2) is 0 Å². The number of alkyl halides is 2. The van der Waals surface area contributed by atoms with Gasteiger partial charge >= 0.3 is 0 Å². The van der Waals surface area contributed by atoms with Crippen LogP contribution in [0.3, 0.4) is 0 Å². The predicted octanol–water partition coefficient (Wildman–Crippen LogP) is 3.85. The van der Waals surface area contributed by atoms with Crippen LogP contribution >= 0.6 is 0 Å². The molecule has 3 heteroatoms. The first-order valence-corrected chi connectivity index (χ1v) is 6.67. The maximum absolute atomic E-state index is 14.4. The molecular weight excluding hydrogens is 244 g/mol. The van der Waals surface area contributed by atoms with Gasteiger partial charge in [0.05, 0.1) is 0 Å². The molecule has 0 radical (unpaired) electrons. The van der Waals surface area contributed by atoms with Crippen molar-refractivity contribution < 1.29 is 8.78 Å². The van der Waals surface area contributed by atoms with Crippen LogP contribution in [-0.4, -0.2) is 13.1 Å². The SMILES string of the molecule is Cc1ccc2cc(C(F)(F)C3CCNC3)ccc2c1. The second-order valence-corrected chi connectivity index (χ2v) is 5.38. The summed E-state index contributed by atoms with van der Waals surface area (Å²) in [5.41, 5.74) is 1.28. The minimum Gasteiger partial charge on any atom is -0.316 e. The normalized spacial score (nSPS) is 20.1. The zero-order valence-electron chi connectivity index (χ0n) is 10.9. The highest BCUT2D eigenvalue weighted by molar-refractivity contribution is 5.84. The Hall–Kier alpha value is -1.48. The maximum atomic E-state index is 14.4. The van der Waals surface area contributed by atoms with Crippen molar-refractivity contribution in [3.05, 3.63) is 47.5 Å². The number of rotatable bonds is 2. The zero-order valence-corrected chi connectivity index (χ0v) is 10.9. The van der Waals surface area contributed by atoms with E-state index in [2.05, 4.69) is 5.32 Å². The summed E-state index contributed by atoms with van der Waals surface area (Å²) in [6.07, 6.45) is 0.541. The van der Waals surface area contributed by atoms with E-state index in [1.54, 1.807) is 18.2 Å². The minimum absolute atomic E-state index is 0.137. The molecule has 1 N–H and O–H groups in total. The Balaban J connectivity index is 2.02. The lowest BCUT2D eigenvalue weighted by atomic mass is 9.92. The molecule has 1 atom stereocenters. The Kier molecular flexibility index (Phi) is 3.02. The van der Waals surface area contributed by atoms with Crippen LogP contribution in [0.4, 0.5) is 8.78 Å². The van der Waals surface area contributed by atoms with E-state index in [-0.39, 0.29) is 5.56 Å². The van der Waals surface area contributed by atoms with E-state index in [4.69, 9.17) is 0 Å². The summed E-state index contributed by atoms with van der Waals surface area (Å²) < 4.78 is 28.9. The maximum Gasteiger partial charge on any atom is 0.277 e. The van der Waals surface area contributed by atoms with Crippen molar-refractivity contribution in [2.24, 2.45) is 5.92 Å². The van der Waals surface area contributed by atoms with Crippen LogP contribution in [-0.2, 0) is 5.92 Å². The van der Waals surface area contributed by atoms with Crippen LogP contribution in [0.15, 0.2) is 36.4 Å². The van der Waals surface area contributed by atoms with Crippen LogP contribution in [0.5, 0.6) is 0 Å². The van der Waals surface area contributed by atoms with Gasteiger partial charge in [0.1, 0.15) is 0 Å². The van der Waals surface area contributed by atoms with Crippen LogP contribution in [0.2, 0.25) is 0 Å². The summed E-state index contributed by atoms with van der Waals surface area (Å²) in [4.78, 5) is 0. The van der Waals surface area contributed by atoms with E-state index in [9.17, 15) is 8.78 Å². The molecule has 1 aliphatic rings. The number of nitrogens with one attached hydrogen (secondary N) is 1. The van der Waals surface area contributed by atoms with E-state index >= 15 is 0 Å². The molecule has 0 aliphatic carbocycles. The standard InChI is InChI=1S/C16H17F2N/c1-11-2-3-13-9-14(5-4-12(13)8-11)16(17,18)15-6-7-19-10-15/h2-5,8-9,15,19H,6-7,10H2,1H3. The first-order chi connectivity index (χ1) is 9.07. The first-order valence-electron chi connectivity index (χ1n) is 6.67. The van der Waals surface area contributed by atoms with Crippen molar-refractivity contribution in [1.82, 2.24) is 5.32 Å². The molecule has 0 amide bonds. The Morgan fingerprint density at radius 2 is 1.84 bits per heavy atom. The third kappa shape index (κ3) is 2.23. The second-order valence-electron chi connectivity index (χ2n) is 5.38. The molecule has 1 heterocycles. The van der Waals surface area contributed by atoms with Gasteiger partial charge in [-0.2, -0.15) is 0 Å². The van der Waals surface area contributed by atoms with Gasteiger partial charge < -0.3 is 5.32 Å². The van der Waals surface area contributed by atoms with E-state index in [0.29, 0.717) is 19.5 Å². The third-order valence-electron chi connectivity index (χ3n) is 3.95. The second kappa shape index (κ2) is 4.57. The monoisotopic (exact) mass is 261 g/mol. The molecule has 1 fully saturated rings. The summed E-state index contributed by atoms with van der Waals surface area (Å²) in [5, 5.41) is 4.91. The van der Waals surface area contributed by atoms with Crippen LogP contribution in [0.25, 0.3) is 10.8 Å². The Morgan fingerprint density at radius 3 is 2.58 bits per heavy atom. The molecule has 100 valence electrons. The lowest BCUT2D eigenvalue weighted by Gasteiger charge is -2.23. The third-order valence-corrected chi connectivity index (χ3v) is 3.95. The minimum atomic E-state index is -2.75. The van der Waals surface area contributed by atoms with E-state index < -0.39 is 11.8 Å². The number of hydrogen-bond donors (Lipinski definition) is 1. The average Bonchev–Trinajstić information content (AvgIpc) is 2.92. The molecule has 0 spiro atoms. The first kappa shape index (κ1) is 12.5. The number of fused-ring (bicyclic) bond motifs is 1. The topological polar surface area (TPSA) is 12.0 Å². The molecule has 1 unspecified atom stereocenters. The number of benzene rings is 2. The van der Waals surface area contributed by atoms with Crippen LogP contribution < -0.4 is 5.32 Å². The molecule has 1 saturated heterocycles. The average molecular weight is 261 g/mol. The summed E-state index contributed by atoms with van der Waals surface area (Å²) in [7, 11) is 0. The molecule has 3 rings (SSSR count). The molecule has 0 bridgehead atoms. The number of halogens is 2. The van der Waals surface area contributed by atoms with E-state index in [1.165, 1.54) is 0 Å². The van der Waals surface area contributed by atoms with Crippen molar-refractivity contribution >= 4 is 10.8 Å². The van der Waals surface area contributed by atoms with Crippen LogP contribution in [0, 0.1) is 12.8 Å². The Morgan fingerprint density at radius 1 is 1.11 bits per heavy atom. The summed E-state index contributed by atoms with van der Waals surface area (Å²) in [5.74, 6) is -3.34. The Labute approximate surface area is 111 Å². The van der Waals surface area contributed by atoms with Gasteiger partial charge in [0.25, 0.3) is 5.92 Å². The summed E-state index contributed by atoms with van der Waals surface area (Å²) >= 11 is 0. The van der Waals surface area contributed by atoms with Gasteiger partial charge in [-0.15, -0.1) is 0 Å². The number of hydrogen-bond acceptors (Lipinski definition) is 1. The summed E-state index contributed by atoms with van der Waals surface area (Å²) in [6, 6.07) is 10.9. The van der Waals surface area contributed by atoms with Crippen LogP contribution in [0.1, 0.15) is 17.5 Å². The van der Waals surface area contributed by atoms with Gasteiger partial charge in [-0.3, -0.25) is 0 Å². The molecule has 19 heavy (non-hydrogen) atoms. The van der Waals surface area contributed by atoms with E-state index in [0.717, 1.165) is 16.3 Å². The van der Waals surface area contributed by atoms with Gasteiger partial charge in [-0.25, -0.2) is 8.78 Å². The van der Waals surface area contributed by atoms with Gasteiger partial charge in [0.2, 0.25) is 0 Å². The zero-order chi connectivity index (χ0) is 13.5. The predicted molar refractivity (Wildman–Crippen MR) is 73.6 cm³/mol. The largest absolute Gasteiger partial charge is 0.316 e. The van der Waals surface area contributed by atoms with Crippen molar-refractivity contribution in [2.45, 2.75) is 19.3 Å². The highest BCUT2D eigenvalue weighted by Crippen LogP contribution is 2.39. The molecule has 1 aliphatic heterocycles. The van der Waals surface area contributed by atoms with Gasteiger partial charge in [-0.05, 0) is 36.7 Å². The lowest BCUT2D eigenvalue weighted by Crippen LogP contribution is -2.27. The molecule has 1 nitrogen and oxygen atoms in total. The van der Waals surface area contributed by atoms with E-state index in [1.807, 2.05) is 25.1 Å². The molecule has 0 saturated carbocycles. The fourth-order valence-electron chi connectivity index (χ4n) is 2.77. The highest BCUT2D eigenvalue weighted by Gasteiger charge is 2.42. The molecule has 0 aromatic heterocycles. The molecular formula is C16H17F2N. The summed E-state index contributed by atoms with van der Waals surface area (Å²) in [6.45, 7) is 3.10. The van der Waals surface area contributed by atoms with Gasteiger partial charge in [-0.1, -0.05) is 35.9 Å². The fraction of sp³-hybridized carbons (Fsp3) is 0.375. The molecule has 2 aromatic carbocycles. The quantitative estimate of drug-likeness (QED) is 0.865. The van der Waals surface area contributed by atoms with Crippen molar-refractivity contribution in [3.8, 4) is 0 Å². The van der Waals surface area contributed by atoms with Crippen molar-refractivity contribution in [1.29, 1.82) is 0 Å². The lowest BCUT2D eigenvalue weighted by molar-refractivity contribution is -0.0574. The van der Waals surface area contributed by atoms with Crippen molar-refractivity contribution in [2.75, 3.05) is 13.1 Å². The molecule has 2 aromatic rings. The highest BCUT2D eigenvalue weighted by atomic mass is 19.3. The smallest absolute Gasteiger partial charge is 0.277 e. The van der Waals surface area contributed by atoms with Gasteiger partial charge in [0, 0.05) is 18.0 Å². The Bertz CT molecular complexity index is 601.